The first-order valence-electron chi connectivity index (χ1n) is 6.34. The van der Waals surface area contributed by atoms with Crippen molar-refractivity contribution < 1.29 is 18.7 Å². The van der Waals surface area contributed by atoms with Gasteiger partial charge in [0.1, 0.15) is 10.7 Å². The average Bonchev–Trinajstić information content (AvgIpc) is 2.79. The van der Waals surface area contributed by atoms with Gasteiger partial charge in [-0.15, -0.1) is 11.3 Å². The van der Waals surface area contributed by atoms with Gasteiger partial charge in [-0.1, -0.05) is 18.5 Å². The van der Waals surface area contributed by atoms with Crippen molar-refractivity contribution in [3.63, 3.8) is 0 Å². The SMILES string of the molecule is CCCNC(=O)COC(=O)c1sc2cc(F)ccc2c1Cl. The predicted octanol–water partition coefficient (Wildman–Crippen LogP) is 3.38. The lowest BCUT2D eigenvalue weighted by atomic mass is 10.2. The van der Waals surface area contributed by atoms with Gasteiger partial charge in [-0.25, -0.2) is 9.18 Å². The van der Waals surface area contributed by atoms with Gasteiger partial charge < -0.3 is 10.1 Å². The van der Waals surface area contributed by atoms with Gasteiger partial charge in [0, 0.05) is 16.6 Å². The van der Waals surface area contributed by atoms with Crippen LogP contribution in [0.5, 0.6) is 0 Å². The first-order valence-corrected chi connectivity index (χ1v) is 7.53. The number of thiophene rings is 1. The first kappa shape index (κ1) is 15.7. The standard InChI is InChI=1S/C14H13ClFNO3S/c1-2-5-17-11(18)7-20-14(19)13-12(15)9-4-3-8(16)6-10(9)21-13/h3-4,6H,2,5,7H2,1H3,(H,17,18). The average molecular weight is 330 g/mol. The maximum atomic E-state index is 13.1. The van der Waals surface area contributed by atoms with Crippen molar-refractivity contribution in [2.24, 2.45) is 0 Å². The van der Waals surface area contributed by atoms with Gasteiger partial charge in [-0.3, -0.25) is 4.79 Å². The van der Waals surface area contributed by atoms with Crippen LogP contribution in [-0.4, -0.2) is 25.0 Å². The van der Waals surface area contributed by atoms with Gasteiger partial charge in [-0.05, 0) is 24.6 Å². The van der Waals surface area contributed by atoms with Crippen molar-refractivity contribution in [3.05, 3.63) is 33.9 Å². The van der Waals surface area contributed by atoms with Crippen LogP contribution >= 0.6 is 22.9 Å². The van der Waals surface area contributed by atoms with Crippen molar-refractivity contribution in [1.82, 2.24) is 5.32 Å². The first-order chi connectivity index (χ1) is 10.0. The highest BCUT2D eigenvalue weighted by Crippen LogP contribution is 2.36. The summed E-state index contributed by atoms with van der Waals surface area (Å²) in [5, 5.41) is 3.40. The Balaban J connectivity index is 2.09. The highest BCUT2D eigenvalue weighted by atomic mass is 35.5. The molecule has 0 saturated carbocycles. The second-order valence-electron chi connectivity index (χ2n) is 4.31. The number of hydrogen-bond acceptors (Lipinski definition) is 4. The number of fused-ring (bicyclic) bond motifs is 1. The van der Waals surface area contributed by atoms with Gasteiger partial charge in [0.25, 0.3) is 5.91 Å². The zero-order valence-electron chi connectivity index (χ0n) is 11.2. The minimum atomic E-state index is -0.687. The van der Waals surface area contributed by atoms with E-state index in [1.165, 1.54) is 18.2 Å². The van der Waals surface area contributed by atoms with E-state index in [-0.39, 0.29) is 22.4 Å². The van der Waals surface area contributed by atoms with Crippen molar-refractivity contribution >= 4 is 44.9 Å². The van der Waals surface area contributed by atoms with Gasteiger partial charge in [-0.2, -0.15) is 0 Å². The van der Waals surface area contributed by atoms with Crippen LogP contribution in [0.1, 0.15) is 23.0 Å². The van der Waals surface area contributed by atoms with Crippen LogP contribution in [0, 0.1) is 5.82 Å². The Hall–Kier alpha value is -1.66. The molecule has 1 amide bonds. The zero-order chi connectivity index (χ0) is 15.4. The molecule has 0 bridgehead atoms. The topological polar surface area (TPSA) is 55.4 Å². The fourth-order valence-corrected chi connectivity index (χ4v) is 3.11. The summed E-state index contributed by atoms with van der Waals surface area (Å²) in [6.07, 6.45) is 0.799. The fraction of sp³-hybridized carbons (Fsp3) is 0.286. The maximum Gasteiger partial charge on any atom is 0.350 e. The van der Waals surface area contributed by atoms with E-state index in [1.807, 2.05) is 6.92 Å². The Kier molecular flexibility index (Phi) is 5.14. The predicted molar refractivity (Wildman–Crippen MR) is 80.4 cm³/mol. The van der Waals surface area contributed by atoms with Crippen LogP contribution in [-0.2, 0) is 9.53 Å². The monoisotopic (exact) mass is 329 g/mol. The van der Waals surface area contributed by atoms with E-state index >= 15 is 0 Å². The molecule has 7 heteroatoms. The number of hydrogen-bond donors (Lipinski definition) is 1. The summed E-state index contributed by atoms with van der Waals surface area (Å²) < 4.78 is 18.6. The van der Waals surface area contributed by atoms with Crippen molar-refractivity contribution in [1.29, 1.82) is 0 Å². The third-order valence-corrected chi connectivity index (χ3v) is 4.32. The molecule has 1 aromatic heterocycles. The second-order valence-corrected chi connectivity index (χ2v) is 5.74. The minimum Gasteiger partial charge on any atom is -0.451 e. The third-order valence-electron chi connectivity index (χ3n) is 2.68. The maximum absolute atomic E-state index is 13.1. The van der Waals surface area contributed by atoms with E-state index in [0.717, 1.165) is 17.8 Å². The summed E-state index contributed by atoms with van der Waals surface area (Å²) in [6.45, 7) is 2.08. The molecule has 112 valence electrons. The van der Waals surface area contributed by atoms with E-state index < -0.39 is 11.8 Å². The summed E-state index contributed by atoms with van der Waals surface area (Å²) in [7, 11) is 0. The number of amides is 1. The Morgan fingerprint density at radius 2 is 2.19 bits per heavy atom. The van der Waals surface area contributed by atoms with Crippen molar-refractivity contribution in [2.45, 2.75) is 13.3 Å². The number of rotatable bonds is 5. The summed E-state index contributed by atoms with van der Waals surface area (Å²) in [6, 6.07) is 4.08. The van der Waals surface area contributed by atoms with E-state index in [0.29, 0.717) is 16.6 Å². The van der Waals surface area contributed by atoms with E-state index in [1.54, 1.807) is 0 Å². The number of nitrogens with one attached hydrogen (secondary N) is 1. The van der Waals surface area contributed by atoms with Crippen LogP contribution in [0.4, 0.5) is 4.39 Å². The molecule has 4 nitrogen and oxygen atoms in total. The molecule has 0 radical (unpaired) electrons. The fourth-order valence-electron chi connectivity index (χ4n) is 1.68. The summed E-state index contributed by atoms with van der Waals surface area (Å²) in [5.74, 6) is -1.46. The lowest BCUT2D eigenvalue weighted by Crippen LogP contribution is -2.29. The number of benzene rings is 1. The van der Waals surface area contributed by atoms with Gasteiger partial charge in [0.15, 0.2) is 6.61 Å². The molecule has 1 heterocycles. The Bertz CT molecular complexity index is 686. The number of halogens is 2. The normalized spacial score (nSPS) is 10.6. The van der Waals surface area contributed by atoms with Gasteiger partial charge >= 0.3 is 5.97 Å². The van der Waals surface area contributed by atoms with E-state index in [9.17, 15) is 14.0 Å². The second kappa shape index (κ2) is 6.87. The molecule has 0 fully saturated rings. The Morgan fingerprint density at radius 3 is 2.90 bits per heavy atom. The quantitative estimate of drug-likeness (QED) is 0.856. The number of carbonyl (C=O) groups is 2. The highest BCUT2D eigenvalue weighted by molar-refractivity contribution is 7.21. The van der Waals surface area contributed by atoms with E-state index in [2.05, 4.69) is 5.32 Å². The molecule has 0 unspecified atom stereocenters. The van der Waals surface area contributed by atoms with Crippen LogP contribution in [0.3, 0.4) is 0 Å². The molecule has 0 aliphatic rings. The summed E-state index contributed by atoms with van der Waals surface area (Å²) in [4.78, 5) is 23.5. The van der Waals surface area contributed by atoms with E-state index in [4.69, 9.17) is 16.3 Å². The molecule has 2 rings (SSSR count). The van der Waals surface area contributed by atoms with Crippen LogP contribution in [0.15, 0.2) is 18.2 Å². The number of carbonyl (C=O) groups excluding carboxylic acids is 2. The summed E-state index contributed by atoms with van der Waals surface area (Å²) >= 11 is 7.13. The Labute approximate surface area is 129 Å². The van der Waals surface area contributed by atoms with Crippen LogP contribution in [0.2, 0.25) is 5.02 Å². The van der Waals surface area contributed by atoms with Crippen molar-refractivity contribution in [2.75, 3.05) is 13.2 Å². The lowest BCUT2D eigenvalue weighted by Gasteiger charge is -2.04. The molecular weight excluding hydrogens is 317 g/mol. The number of ether oxygens (including phenoxy) is 1. The van der Waals surface area contributed by atoms with Crippen LogP contribution in [0.25, 0.3) is 10.1 Å². The molecule has 0 atom stereocenters. The Morgan fingerprint density at radius 1 is 1.43 bits per heavy atom. The molecule has 1 N–H and O–H groups in total. The molecule has 0 spiro atoms. The molecule has 2 aromatic rings. The largest absolute Gasteiger partial charge is 0.451 e. The zero-order valence-corrected chi connectivity index (χ0v) is 12.8. The van der Waals surface area contributed by atoms with Gasteiger partial charge in [0.2, 0.25) is 0 Å². The molecule has 1 aromatic carbocycles. The molecule has 0 saturated heterocycles. The van der Waals surface area contributed by atoms with Crippen LogP contribution < -0.4 is 5.32 Å². The molecular formula is C14H13ClFNO3S. The highest BCUT2D eigenvalue weighted by Gasteiger charge is 2.19. The minimum absolute atomic E-state index is 0.167. The van der Waals surface area contributed by atoms with Gasteiger partial charge in [0.05, 0.1) is 5.02 Å². The molecule has 0 aliphatic carbocycles. The molecule has 21 heavy (non-hydrogen) atoms. The smallest absolute Gasteiger partial charge is 0.350 e. The lowest BCUT2D eigenvalue weighted by molar-refractivity contribution is -0.124. The summed E-state index contributed by atoms with van der Waals surface area (Å²) in [5.41, 5.74) is 0. The number of esters is 1. The van der Waals surface area contributed by atoms with Crippen molar-refractivity contribution in [3.8, 4) is 0 Å². The third kappa shape index (κ3) is 3.71. The molecule has 0 aliphatic heterocycles.